The third-order valence-electron chi connectivity index (χ3n) is 3.08. The Bertz CT molecular complexity index is 570. The van der Waals surface area contributed by atoms with E-state index in [1.165, 1.54) is 5.56 Å². The van der Waals surface area contributed by atoms with Crippen LogP contribution in [0.4, 0.5) is 0 Å². The average molecular weight is 240 g/mol. The lowest BCUT2D eigenvalue weighted by Crippen LogP contribution is -2.37. The molecule has 2 aromatic rings. The molecule has 0 N–H and O–H groups in total. The summed E-state index contributed by atoms with van der Waals surface area (Å²) in [5.41, 5.74) is 4.18. The van der Waals surface area contributed by atoms with E-state index in [2.05, 4.69) is 0 Å². The molecule has 1 aromatic carbocycles. The monoisotopic (exact) mass is 240 g/mol. The highest BCUT2D eigenvalue weighted by atomic mass is 16.1. The lowest BCUT2D eigenvalue weighted by atomic mass is 10.0. The molecule has 0 aliphatic heterocycles. The Hall–Kier alpha value is -1.96. The molecule has 1 heterocycles. The zero-order valence-electron chi connectivity index (χ0n) is 11.1. The summed E-state index contributed by atoms with van der Waals surface area (Å²) in [5, 5.41) is 0. The fraction of sp³-hybridized carbons (Fsp3) is 0.250. The van der Waals surface area contributed by atoms with E-state index < -0.39 is 0 Å². The molecule has 1 aromatic heterocycles. The van der Waals surface area contributed by atoms with Gasteiger partial charge in [0.25, 0.3) is 0 Å². The summed E-state index contributed by atoms with van der Waals surface area (Å²) in [5.74, 6) is 0.157. The number of Topliss-reactive ketones (excluding diaryl/α,β-unsaturated/α-hetero) is 1. The normalized spacial score (nSPS) is 10.4. The first-order valence-electron chi connectivity index (χ1n) is 6.12. The molecule has 0 amide bonds. The van der Waals surface area contributed by atoms with E-state index >= 15 is 0 Å². The van der Waals surface area contributed by atoms with Crippen LogP contribution in [0.3, 0.4) is 0 Å². The van der Waals surface area contributed by atoms with Gasteiger partial charge in [0.2, 0.25) is 12.3 Å². The number of aryl methyl sites for hydroxylation is 3. The van der Waals surface area contributed by atoms with Gasteiger partial charge in [0, 0.05) is 17.7 Å². The first-order chi connectivity index (χ1) is 8.56. The van der Waals surface area contributed by atoms with Crippen LogP contribution in [-0.2, 0) is 6.54 Å². The Morgan fingerprint density at radius 1 is 1.00 bits per heavy atom. The van der Waals surface area contributed by atoms with E-state index in [0.717, 1.165) is 16.7 Å². The highest BCUT2D eigenvalue weighted by molar-refractivity contribution is 5.96. The highest BCUT2D eigenvalue weighted by Crippen LogP contribution is 2.11. The summed E-state index contributed by atoms with van der Waals surface area (Å²) >= 11 is 0. The van der Waals surface area contributed by atoms with Crippen molar-refractivity contribution in [1.29, 1.82) is 0 Å². The quantitative estimate of drug-likeness (QED) is 0.597. The molecule has 0 unspecified atom stereocenters. The molecule has 0 saturated carbocycles. The topological polar surface area (TPSA) is 20.9 Å². The number of benzene rings is 1. The number of carbonyl (C=O) groups is 1. The fourth-order valence-corrected chi connectivity index (χ4v) is 1.92. The van der Waals surface area contributed by atoms with Crippen molar-refractivity contribution in [1.82, 2.24) is 0 Å². The minimum absolute atomic E-state index is 0.157. The SMILES string of the molecule is Cc1cc[n+](CC(=O)c2cc(C)ccc2C)cc1. The maximum absolute atomic E-state index is 12.3. The molecular weight excluding hydrogens is 222 g/mol. The molecule has 0 saturated heterocycles. The van der Waals surface area contributed by atoms with Gasteiger partial charge in [0.15, 0.2) is 12.4 Å². The Kier molecular flexibility index (Phi) is 3.56. The van der Waals surface area contributed by atoms with Crippen molar-refractivity contribution in [3.8, 4) is 0 Å². The van der Waals surface area contributed by atoms with Crippen molar-refractivity contribution < 1.29 is 9.36 Å². The summed E-state index contributed by atoms with van der Waals surface area (Å²) in [6.07, 6.45) is 3.89. The number of pyridine rings is 1. The second kappa shape index (κ2) is 5.13. The summed E-state index contributed by atoms with van der Waals surface area (Å²) in [7, 11) is 0. The number of nitrogens with zero attached hydrogens (tertiary/aromatic N) is 1. The van der Waals surface area contributed by atoms with E-state index in [-0.39, 0.29) is 5.78 Å². The smallest absolute Gasteiger partial charge is 0.227 e. The summed E-state index contributed by atoms with van der Waals surface area (Å²) in [6.45, 7) is 6.42. The van der Waals surface area contributed by atoms with Gasteiger partial charge >= 0.3 is 0 Å². The van der Waals surface area contributed by atoms with Crippen molar-refractivity contribution in [2.45, 2.75) is 27.3 Å². The number of carbonyl (C=O) groups excluding carboxylic acids is 1. The van der Waals surface area contributed by atoms with Gasteiger partial charge in [0.05, 0.1) is 0 Å². The van der Waals surface area contributed by atoms with E-state index in [0.29, 0.717) is 6.54 Å². The average Bonchev–Trinajstić information content (AvgIpc) is 2.35. The number of ketones is 1. The third kappa shape index (κ3) is 2.83. The summed E-state index contributed by atoms with van der Waals surface area (Å²) < 4.78 is 1.91. The van der Waals surface area contributed by atoms with Gasteiger partial charge < -0.3 is 0 Å². The molecule has 2 rings (SSSR count). The van der Waals surface area contributed by atoms with Crippen LogP contribution < -0.4 is 4.57 Å². The Labute approximate surface area is 108 Å². The van der Waals surface area contributed by atoms with Crippen molar-refractivity contribution in [2.24, 2.45) is 0 Å². The van der Waals surface area contributed by atoms with Gasteiger partial charge in [0.1, 0.15) is 0 Å². The van der Waals surface area contributed by atoms with Crippen LogP contribution in [0.1, 0.15) is 27.0 Å². The number of hydrogen-bond donors (Lipinski definition) is 0. The largest absolute Gasteiger partial charge is 0.287 e. The number of aromatic nitrogens is 1. The van der Waals surface area contributed by atoms with E-state index in [1.807, 2.05) is 68.1 Å². The molecule has 0 fully saturated rings. The van der Waals surface area contributed by atoms with Gasteiger partial charge in [-0.2, -0.15) is 4.57 Å². The molecule has 2 heteroatoms. The first-order valence-corrected chi connectivity index (χ1v) is 6.12. The van der Waals surface area contributed by atoms with Crippen molar-refractivity contribution >= 4 is 5.78 Å². The maximum Gasteiger partial charge on any atom is 0.227 e. The standard InChI is InChI=1S/C16H18NO/c1-12-6-8-17(9-7-12)11-16(18)15-10-13(2)4-5-14(15)3/h4-10H,11H2,1-3H3/q+1. The molecule has 0 radical (unpaired) electrons. The van der Waals surface area contributed by atoms with Crippen molar-refractivity contribution in [3.63, 3.8) is 0 Å². The van der Waals surface area contributed by atoms with Crippen LogP contribution in [-0.4, -0.2) is 5.78 Å². The molecular formula is C16H18NO+. The second-order valence-corrected chi connectivity index (χ2v) is 4.79. The number of rotatable bonds is 3. The zero-order valence-corrected chi connectivity index (χ0v) is 11.1. The van der Waals surface area contributed by atoms with Gasteiger partial charge in [-0.25, -0.2) is 0 Å². The van der Waals surface area contributed by atoms with Crippen LogP contribution in [0.25, 0.3) is 0 Å². The third-order valence-corrected chi connectivity index (χ3v) is 3.08. The minimum atomic E-state index is 0.157. The second-order valence-electron chi connectivity index (χ2n) is 4.79. The Morgan fingerprint density at radius 3 is 2.33 bits per heavy atom. The Balaban J connectivity index is 2.21. The summed E-state index contributed by atoms with van der Waals surface area (Å²) in [6, 6.07) is 10.0. The first kappa shape index (κ1) is 12.5. The maximum atomic E-state index is 12.3. The van der Waals surface area contributed by atoms with Crippen LogP contribution in [0.2, 0.25) is 0 Å². The molecule has 2 nitrogen and oxygen atoms in total. The molecule has 0 aliphatic carbocycles. The Morgan fingerprint density at radius 2 is 1.67 bits per heavy atom. The van der Waals surface area contributed by atoms with Gasteiger partial charge in [-0.3, -0.25) is 4.79 Å². The highest BCUT2D eigenvalue weighted by Gasteiger charge is 2.14. The minimum Gasteiger partial charge on any atom is -0.287 e. The van der Waals surface area contributed by atoms with E-state index in [9.17, 15) is 4.79 Å². The summed E-state index contributed by atoms with van der Waals surface area (Å²) in [4.78, 5) is 12.3. The lowest BCUT2D eigenvalue weighted by Gasteiger charge is -2.04. The van der Waals surface area contributed by atoms with Gasteiger partial charge in [-0.05, 0) is 38.0 Å². The fourth-order valence-electron chi connectivity index (χ4n) is 1.92. The van der Waals surface area contributed by atoms with Crippen LogP contribution >= 0.6 is 0 Å². The molecule has 0 atom stereocenters. The zero-order chi connectivity index (χ0) is 13.1. The lowest BCUT2D eigenvalue weighted by molar-refractivity contribution is -0.683. The van der Waals surface area contributed by atoms with Crippen LogP contribution in [0.5, 0.6) is 0 Å². The van der Waals surface area contributed by atoms with Crippen LogP contribution in [0, 0.1) is 20.8 Å². The molecule has 0 spiro atoms. The van der Waals surface area contributed by atoms with E-state index in [1.54, 1.807) is 0 Å². The van der Waals surface area contributed by atoms with Crippen LogP contribution in [0.15, 0.2) is 42.7 Å². The van der Waals surface area contributed by atoms with Gasteiger partial charge in [-0.1, -0.05) is 17.7 Å². The predicted molar refractivity (Wildman–Crippen MR) is 71.6 cm³/mol. The number of hydrogen-bond acceptors (Lipinski definition) is 1. The predicted octanol–water partition coefficient (Wildman–Crippen LogP) is 2.78. The molecule has 0 aliphatic rings. The molecule has 18 heavy (non-hydrogen) atoms. The van der Waals surface area contributed by atoms with Gasteiger partial charge in [-0.15, -0.1) is 0 Å². The van der Waals surface area contributed by atoms with Crippen molar-refractivity contribution in [3.05, 3.63) is 65.0 Å². The molecule has 0 bridgehead atoms. The molecule has 92 valence electrons. The van der Waals surface area contributed by atoms with Crippen molar-refractivity contribution in [2.75, 3.05) is 0 Å². The van der Waals surface area contributed by atoms with E-state index in [4.69, 9.17) is 0 Å².